The smallest absolute Gasteiger partial charge is 0.0438 e. The first kappa shape index (κ1) is 17.1. The highest BCUT2D eigenvalue weighted by Crippen LogP contribution is 2.21. The second-order valence-electron chi connectivity index (χ2n) is 6.98. The predicted octanol–water partition coefficient (Wildman–Crippen LogP) is 5.13. The molecule has 1 atom stereocenters. The van der Waals surface area contributed by atoms with Crippen LogP contribution in [-0.4, -0.2) is 12.1 Å². The topological polar surface area (TPSA) is 12.0 Å². The quantitative estimate of drug-likeness (QED) is 0.779. The Labute approximate surface area is 139 Å². The molecule has 0 aromatic heterocycles. The third-order valence-electron chi connectivity index (χ3n) is 3.75. The summed E-state index contributed by atoms with van der Waals surface area (Å²) in [5.41, 5.74) is 2.76. The van der Waals surface area contributed by atoms with Crippen LogP contribution in [0.15, 0.2) is 54.6 Å². The molecule has 1 unspecified atom stereocenters. The molecule has 0 fully saturated rings. The zero-order valence-electron chi connectivity index (χ0n) is 13.8. The molecule has 1 nitrogen and oxygen atoms in total. The average molecular weight is 316 g/mol. The molecule has 0 spiro atoms. The third kappa shape index (κ3) is 5.82. The minimum atomic E-state index is 0.134. The van der Waals surface area contributed by atoms with Crippen molar-refractivity contribution in [3.63, 3.8) is 0 Å². The minimum Gasteiger partial charge on any atom is -0.312 e. The van der Waals surface area contributed by atoms with Crippen molar-refractivity contribution in [1.29, 1.82) is 0 Å². The minimum absolute atomic E-state index is 0.134. The van der Waals surface area contributed by atoms with E-state index >= 15 is 0 Å². The first-order chi connectivity index (χ1) is 10.4. The van der Waals surface area contributed by atoms with E-state index in [-0.39, 0.29) is 5.54 Å². The normalized spacial score (nSPS) is 13.1. The molecule has 0 bridgehead atoms. The van der Waals surface area contributed by atoms with E-state index in [1.165, 1.54) is 11.1 Å². The maximum absolute atomic E-state index is 6.34. The van der Waals surface area contributed by atoms with Gasteiger partial charge in [-0.1, -0.05) is 60.1 Å². The van der Waals surface area contributed by atoms with Gasteiger partial charge < -0.3 is 5.32 Å². The zero-order chi connectivity index (χ0) is 16.0. The lowest BCUT2D eigenvalue weighted by Gasteiger charge is -2.26. The fourth-order valence-electron chi connectivity index (χ4n) is 2.59. The lowest BCUT2D eigenvalue weighted by Crippen LogP contribution is -2.40. The standard InChI is InChI=1S/C20H26ClN/c1-20(2,3)22-15-17(13-16-9-5-4-6-10-16)14-18-11-7-8-12-19(18)21/h4-12,17,22H,13-15H2,1-3H3. The molecule has 2 heteroatoms. The maximum atomic E-state index is 6.34. The first-order valence-electron chi connectivity index (χ1n) is 7.96. The summed E-state index contributed by atoms with van der Waals surface area (Å²) in [6.07, 6.45) is 2.06. The number of rotatable bonds is 6. The van der Waals surface area contributed by atoms with Crippen LogP contribution in [0.1, 0.15) is 31.9 Å². The molecule has 0 aliphatic heterocycles. The van der Waals surface area contributed by atoms with E-state index < -0.39 is 0 Å². The fraction of sp³-hybridized carbons (Fsp3) is 0.400. The second kappa shape index (κ2) is 7.80. The van der Waals surface area contributed by atoms with E-state index in [4.69, 9.17) is 11.6 Å². The Hall–Kier alpha value is -1.31. The van der Waals surface area contributed by atoms with Crippen LogP contribution in [0, 0.1) is 5.92 Å². The molecule has 2 rings (SSSR count). The van der Waals surface area contributed by atoms with Gasteiger partial charge in [-0.05, 0) is 63.3 Å². The molecular weight excluding hydrogens is 290 g/mol. The molecule has 2 aromatic rings. The molecule has 0 saturated carbocycles. The summed E-state index contributed by atoms with van der Waals surface area (Å²) in [6, 6.07) is 18.9. The predicted molar refractivity (Wildman–Crippen MR) is 96.5 cm³/mol. The van der Waals surface area contributed by atoms with Gasteiger partial charge in [-0.25, -0.2) is 0 Å². The summed E-state index contributed by atoms with van der Waals surface area (Å²) in [5, 5.41) is 4.51. The lowest BCUT2D eigenvalue weighted by molar-refractivity contribution is 0.367. The van der Waals surface area contributed by atoms with Crippen LogP contribution in [0.2, 0.25) is 5.02 Å². The van der Waals surface area contributed by atoms with Gasteiger partial charge in [0.2, 0.25) is 0 Å². The van der Waals surface area contributed by atoms with Crippen molar-refractivity contribution in [2.24, 2.45) is 5.92 Å². The molecule has 1 N–H and O–H groups in total. The van der Waals surface area contributed by atoms with Crippen LogP contribution in [0.3, 0.4) is 0 Å². The highest BCUT2D eigenvalue weighted by Gasteiger charge is 2.16. The molecule has 0 heterocycles. The van der Waals surface area contributed by atoms with Crippen molar-refractivity contribution in [1.82, 2.24) is 5.32 Å². The molecule has 0 aliphatic carbocycles. The fourth-order valence-corrected chi connectivity index (χ4v) is 2.80. The van der Waals surface area contributed by atoms with Crippen molar-refractivity contribution in [3.8, 4) is 0 Å². The van der Waals surface area contributed by atoms with Crippen molar-refractivity contribution >= 4 is 11.6 Å². The van der Waals surface area contributed by atoms with Crippen LogP contribution in [-0.2, 0) is 12.8 Å². The van der Waals surface area contributed by atoms with Gasteiger partial charge in [-0.15, -0.1) is 0 Å². The van der Waals surface area contributed by atoms with Crippen LogP contribution in [0.25, 0.3) is 0 Å². The van der Waals surface area contributed by atoms with E-state index in [1.807, 2.05) is 12.1 Å². The van der Waals surface area contributed by atoms with Crippen LogP contribution >= 0.6 is 11.6 Å². The Bertz CT molecular complexity index is 572. The van der Waals surface area contributed by atoms with E-state index in [1.54, 1.807) is 0 Å². The van der Waals surface area contributed by atoms with Crippen LogP contribution < -0.4 is 5.32 Å². The van der Waals surface area contributed by atoms with Crippen LogP contribution in [0.4, 0.5) is 0 Å². The zero-order valence-corrected chi connectivity index (χ0v) is 14.5. The first-order valence-corrected chi connectivity index (χ1v) is 8.34. The molecule has 2 aromatic carbocycles. The van der Waals surface area contributed by atoms with Crippen molar-refractivity contribution < 1.29 is 0 Å². The monoisotopic (exact) mass is 315 g/mol. The second-order valence-corrected chi connectivity index (χ2v) is 7.39. The van der Waals surface area contributed by atoms with Crippen molar-refractivity contribution in [2.45, 2.75) is 39.2 Å². The summed E-state index contributed by atoms with van der Waals surface area (Å²) in [4.78, 5) is 0. The van der Waals surface area contributed by atoms with Crippen molar-refractivity contribution in [3.05, 3.63) is 70.7 Å². The molecule has 0 aliphatic rings. The maximum Gasteiger partial charge on any atom is 0.0438 e. The van der Waals surface area contributed by atoms with Gasteiger partial charge in [0.05, 0.1) is 0 Å². The summed E-state index contributed by atoms with van der Waals surface area (Å²) < 4.78 is 0. The van der Waals surface area contributed by atoms with Gasteiger partial charge in [0.25, 0.3) is 0 Å². The molecule has 22 heavy (non-hydrogen) atoms. The highest BCUT2D eigenvalue weighted by molar-refractivity contribution is 6.31. The van der Waals surface area contributed by atoms with Gasteiger partial charge in [-0.3, -0.25) is 0 Å². The van der Waals surface area contributed by atoms with Gasteiger partial charge in [0.1, 0.15) is 0 Å². The Morgan fingerprint density at radius 2 is 1.55 bits per heavy atom. The molecule has 0 amide bonds. The molecule has 0 radical (unpaired) electrons. The van der Waals surface area contributed by atoms with E-state index in [0.717, 1.165) is 24.4 Å². The summed E-state index contributed by atoms with van der Waals surface area (Å²) in [7, 11) is 0. The summed E-state index contributed by atoms with van der Waals surface area (Å²) >= 11 is 6.34. The number of halogens is 1. The number of benzene rings is 2. The van der Waals surface area contributed by atoms with Crippen LogP contribution in [0.5, 0.6) is 0 Å². The molecular formula is C20H26ClN. The number of hydrogen-bond acceptors (Lipinski definition) is 1. The average Bonchev–Trinajstić information content (AvgIpc) is 2.47. The largest absolute Gasteiger partial charge is 0.312 e. The van der Waals surface area contributed by atoms with Gasteiger partial charge in [0.15, 0.2) is 0 Å². The number of nitrogens with one attached hydrogen (secondary N) is 1. The summed E-state index contributed by atoms with van der Waals surface area (Å²) in [5.74, 6) is 0.529. The third-order valence-corrected chi connectivity index (χ3v) is 4.12. The van der Waals surface area contributed by atoms with E-state index in [2.05, 4.69) is 68.6 Å². The Kier molecular flexibility index (Phi) is 6.05. The van der Waals surface area contributed by atoms with E-state index in [0.29, 0.717) is 5.92 Å². The van der Waals surface area contributed by atoms with E-state index in [9.17, 15) is 0 Å². The molecule has 118 valence electrons. The lowest BCUT2D eigenvalue weighted by atomic mass is 9.91. The Morgan fingerprint density at radius 3 is 2.18 bits per heavy atom. The van der Waals surface area contributed by atoms with Crippen molar-refractivity contribution in [2.75, 3.05) is 6.54 Å². The van der Waals surface area contributed by atoms with Gasteiger partial charge in [0, 0.05) is 10.6 Å². The van der Waals surface area contributed by atoms with Gasteiger partial charge >= 0.3 is 0 Å². The molecule has 0 saturated heterocycles. The Morgan fingerprint density at radius 1 is 0.909 bits per heavy atom. The number of hydrogen-bond donors (Lipinski definition) is 1. The summed E-state index contributed by atoms with van der Waals surface area (Å²) in [6.45, 7) is 7.62. The van der Waals surface area contributed by atoms with Gasteiger partial charge in [-0.2, -0.15) is 0 Å². The Balaban J connectivity index is 2.09. The SMILES string of the molecule is CC(C)(C)NCC(Cc1ccccc1)Cc1ccccc1Cl. The highest BCUT2D eigenvalue weighted by atomic mass is 35.5.